The summed E-state index contributed by atoms with van der Waals surface area (Å²) >= 11 is 3.35. The molecule has 1 heterocycles. The van der Waals surface area contributed by atoms with Crippen molar-refractivity contribution in [3.05, 3.63) is 86.0 Å². The Morgan fingerprint density at radius 2 is 1.93 bits per heavy atom. The quantitative estimate of drug-likeness (QED) is 0.591. The van der Waals surface area contributed by atoms with Crippen molar-refractivity contribution in [2.75, 3.05) is 0 Å². The molecule has 0 saturated heterocycles. The van der Waals surface area contributed by atoms with Gasteiger partial charge >= 0.3 is 0 Å². The van der Waals surface area contributed by atoms with Crippen molar-refractivity contribution < 1.29 is 0 Å². The first-order chi connectivity index (χ1) is 13.0. The van der Waals surface area contributed by atoms with Crippen LogP contribution in [0.3, 0.4) is 0 Å². The summed E-state index contributed by atoms with van der Waals surface area (Å²) in [5, 5.41) is 9.63. The van der Waals surface area contributed by atoms with Crippen LogP contribution in [-0.4, -0.2) is 9.55 Å². The average Bonchev–Trinajstić information content (AvgIpc) is 2.70. The second-order valence-corrected chi connectivity index (χ2v) is 7.22. The van der Waals surface area contributed by atoms with Gasteiger partial charge in [0.2, 0.25) is 0 Å². The van der Waals surface area contributed by atoms with E-state index in [2.05, 4.69) is 33.9 Å². The summed E-state index contributed by atoms with van der Waals surface area (Å²) in [5.41, 5.74) is 4.21. The third-order valence-corrected chi connectivity index (χ3v) is 5.47. The molecule has 3 aromatic rings. The molecule has 136 valence electrons. The third-order valence-electron chi connectivity index (χ3n) is 4.56. The molecule has 0 aliphatic carbocycles. The average molecular weight is 422 g/mol. The number of rotatable bonds is 5. The lowest BCUT2D eigenvalue weighted by Gasteiger charge is -2.17. The van der Waals surface area contributed by atoms with Crippen LogP contribution < -0.4 is 5.56 Å². The van der Waals surface area contributed by atoms with Crippen LogP contribution >= 0.6 is 15.9 Å². The summed E-state index contributed by atoms with van der Waals surface area (Å²) in [6.45, 7) is 4.54. The number of aromatic nitrogens is 2. The summed E-state index contributed by atoms with van der Waals surface area (Å²) < 4.78 is 2.54. The molecule has 0 aliphatic rings. The van der Waals surface area contributed by atoms with E-state index in [4.69, 9.17) is 0 Å². The highest BCUT2D eigenvalue weighted by atomic mass is 79.9. The molecule has 0 aliphatic heterocycles. The minimum atomic E-state index is -0.232. The van der Waals surface area contributed by atoms with E-state index in [1.54, 1.807) is 0 Å². The highest BCUT2D eigenvalue weighted by Gasteiger charge is 2.13. The Hall–Kier alpha value is -2.71. The summed E-state index contributed by atoms with van der Waals surface area (Å²) in [4.78, 5) is 16.3. The van der Waals surface area contributed by atoms with Gasteiger partial charge < -0.3 is 4.57 Å². The maximum atomic E-state index is 12.0. The zero-order valence-electron chi connectivity index (χ0n) is 15.4. The van der Waals surface area contributed by atoms with E-state index in [0.29, 0.717) is 16.6 Å². The minimum Gasteiger partial charge on any atom is -0.328 e. The summed E-state index contributed by atoms with van der Waals surface area (Å²) in [6.07, 6.45) is 1.64. The van der Waals surface area contributed by atoms with Gasteiger partial charge in [-0.15, -0.1) is 0 Å². The highest BCUT2D eigenvalue weighted by molar-refractivity contribution is 9.10. The lowest BCUT2D eigenvalue weighted by atomic mass is 9.98. The van der Waals surface area contributed by atoms with E-state index < -0.39 is 0 Å². The highest BCUT2D eigenvalue weighted by Crippen LogP contribution is 2.25. The van der Waals surface area contributed by atoms with Crippen LogP contribution in [0.2, 0.25) is 0 Å². The van der Waals surface area contributed by atoms with Crippen LogP contribution in [0.5, 0.6) is 0 Å². The van der Waals surface area contributed by atoms with Crippen molar-refractivity contribution in [3.8, 4) is 17.2 Å². The number of benzene rings is 2. The largest absolute Gasteiger partial charge is 0.328 e. The van der Waals surface area contributed by atoms with Crippen LogP contribution in [0.25, 0.3) is 11.1 Å². The molecule has 27 heavy (non-hydrogen) atoms. The van der Waals surface area contributed by atoms with Gasteiger partial charge in [0.1, 0.15) is 10.3 Å². The summed E-state index contributed by atoms with van der Waals surface area (Å²) in [7, 11) is 0. The maximum absolute atomic E-state index is 12.0. The number of halogens is 1. The standard InChI is InChI=1S/C22H20BrN3O/c1-3-7-20-25-22(27)21(23)15(2)26(20)14-16-10-11-19(18(12-16)13-24)17-8-5-4-6-9-17/h4-6,8-12H,3,7,14H2,1-2H3. The van der Waals surface area contributed by atoms with Gasteiger partial charge in [-0.2, -0.15) is 10.2 Å². The van der Waals surface area contributed by atoms with Crippen LogP contribution in [0, 0.1) is 18.3 Å². The molecule has 0 radical (unpaired) electrons. The summed E-state index contributed by atoms with van der Waals surface area (Å²) in [6, 6.07) is 18.2. The van der Waals surface area contributed by atoms with E-state index >= 15 is 0 Å². The lowest BCUT2D eigenvalue weighted by molar-refractivity contribution is 0.646. The van der Waals surface area contributed by atoms with Gasteiger partial charge in [0.15, 0.2) is 0 Å². The van der Waals surface area contributed by atoms with Crippen molar-refractivity contribution in [1.82, 2.24) is 9.55 Å². The first kappa shape index (κ1) is 19.1. The molecule has 0 saturated carbocycles. The molecule has 0 N–H and O–H groups in total. The second-order valence-electron chi connectivity index (χ2n) is 6.43. The maximum Gasteiger partial charge on any atom is 0.287 e. The first-order valence-electron chi connectivity index (χ1n) is 8.89. The molecule has 4 nitrogen and oxygen atoms in total. The Morgan fingerprint density at radius 3 is 2.59 bits per heavy atom. The molecule has 0 fully saturated rings. The van der Waals surface area contributed by atoms with Gasteiger partial charge in [0.25, 0.3) is 5.56 Å². The van der Waals surface area contributed by atoms with Crippen molar-refractivity contribution in [2.24, 2.45) is 0 Å². The Balaban J connectivity index is 2.04. The van der Waals surface area contributed by atoms with E-state index in [-0.39, 0.29) is 5.56 Å². The van der Waals surface area contributed by atoms with E-state index in [1.165, 1.54) is 0 Å². The number of hydrogen-bond donors (Lipinski definition) is 0. The van der Waals surface area contributed by atoms with Gasteiger partial charge in [-0.25, -0.2) is 0 Å². The molecule has 1 aromatic heterocycles. The normalized spacial score (nSPS) is 10.6. The number of aryl methyl sites for hydroxylation is 1. The molecular formula is C22H20BrN3O. The second kappa shape index (κ2) is 8.32. The molecule has 0 amide bonds. The molecule has 3 rings (SSSR count). The van der Waals surface area contributed by atoms with Gasteiger partial charge in [0.05, 0.1) is 11.6 Å². The first-order valence-corrected chi connectivity index (χ1v) is 9.68. The summed E-state index contributed by atoms with van der Waals surface area (Å²) in [5.74, 6) is 0.772. The number of nitriles is 1. The molecule has 0 unspecified atom stereocenters. The molecule has 2 aromatic carbocycles. The minimum absolute atomic E-state index is 0.232. The SMILES string of the molecule is CCCc1nc(=O)c(Br)c(C)n1Cc1ccc(-c2ccccc2)c(C#N)c1. The molecular weight excluding hydrogens is 402 g/mol. The lowest BCUT2D eigenvalue weighted by Crippen LogP contribution is -2.22. The van der Waals surface area contributed by atoms with Gasteiger partial charge in [-0.1, -0.05) is 49.4 Å². The Morgan fingerprint density at radius 1 is 1.19 bits per heavy atom. The van der Waals surface area contributed by atoms with Crippen molar-refractivity contribution >= 4 is 15.9 Å². The topological polar surface area (TPSA) is 58.7 Å². The Kier molecular flexibility index (Phi) is 5.88. The zero-order chi connectivity index (χ0) is 19.4. The van der Waals surface area contributed by atoms with Crippen LogP contribution in [-0.2, 0) is 13.0 Å². The van der Waals surface area contributed by atoms with Gasteiger partial charge in [-0.05, 0) is 52.0 Å². The monoisotopic (exact) mass is 421 g/mol. The van der Waals surface area contributed by atoms with Crippen molar-refractivity contribution in [2.45, 2.75) is 33.2 Å². The fourth-order valence-corrected chi connectivity index (χ4v) is 3.45. The smallest absolute Gasteiger partial charge is 0.287 e. The van der Waals surface area contributed by atoms with Crippen LogP contribution in [0.1, 0.15) is 36.0 Å². The number of nitrogens with zero attached hydrogens (tertiary/aromatic N) is 3. The molecule has 0 bridgehead atoms. The van der Waals surface area contributed by atoms with E-state index in [0.717, 1.165) is 41.1 Å². The predicted octanol–water partition coefficient (Wildman–Crippen LogP) is 4.85. The predicted molar refractivity (Wildman–Crippen MR) is 111 cm³/mol. The van der Waals surface area contributed by atoms with E-state index in [1.807, 2.05) is 60.0 Å². The Labute approximate surface area is 167 Å². The zero-order valence-corrected chi connectivity index (χ0v) is 17.0. The molecule has 0 spiro atoms. The number of hydrogen-bond acceptors (Lipinski definition) is 3. The van der Waals surface area contributed by atoms with Crippen LogP contribution in [0.15, 0.2) is 57.8 Å². The van der Waals surface area contributed by atoms with Gasteiger partial charge in [0, 0.05) is 18.7 Å². The fourth-order valence-electron chi connectivity index (χ4n) is 3.15. The molecule has 5 heteroatoms. The van der Waals surface area contributed by atoms with Gasteiger partial charge in [-0.3, -0.25) is 4.79 Å². The van der Waals surface area contributed by atoms with E-state index in [9.17, 15) is 10.1 Å². The third kappa shape index (κ3) is 4.01. The molecule has 0 atom stereocenters. The Bertz CT molecular complexity index is 1070. The van der Waals surface area contributed by atoms with Crippen LogP contribution in [0.4, 0.5) is 0 Å². The van der Waals surface area contributed by atoms with Crippen molar-refractivity contribution in [1.29, 1.82) is 5.26 Å². The fraction of sp³-hybridized carbons (Fsp3) is 0.227. The van der Waals surface area contributed by atoms with Crippen molar-refractivity contribution in [3.63, 3.8) is 0 Å².